The van der Waals surface area contributed by atoms with Crippen LogP contribution in [0, 0.1) is 0 Å². The van der Waals surface area contributed by atoms with Crippen LogP contribution in [0.25, 0.3) is 0 Å². The summed E-state index contributed by atoms with van der Waals surface area (Å²) in [6.45, 7) is 2.95. The van der Waals surface area contributed by atoms with Crippen LogP contribution in [-0.2, 0) is 14.6 Å². The fraction of sp³-hybridized carbons (Fsp3) is 0.938. The van der Waals surface area contributed by atoms with Gasteiger partial charge in [0.25, 0.3) is 0 Å². The van der Waals surface area contributed by atoms with Gasteiger partial charge in [0.05, 0.1) is 18.1 Å². The summed E-state index contributed by atoms with van der Waals surface area (Å²) in [5.41, 5.74) is 0. The quantitative estimate of drug-likeness (QED) is 0.720. The van der Waals surface area contributed by atoms with Crippen LogP contribution < -0.4 is 0 Å². The lowest BCUT2D eigenvalue weighted by Gasteiger charge is -2.32. The minimum atomic E-state index is -2.95. The monoisotopic (exact) mass is 330 g/mol. The number of rotatable bonds is 5. The molecule has 0 aromatic carbocycles. The molecule has 0 radical (unpaired) electrons. The molecule has 2 aliphatic rings. The van der Waals surface area contributed by atoms with Crippen LogP contribution in [0.4, 0.5) is 0 Å². The molecule has 6 heteroatoms. The van der Waals surface area contributed by atoms with Crippen LogP contribution in [0.5, 0.6) is 0 Å². The van der Waals surface area contributed by atoms with E-state index in [4.69, 9.17) is 0 Å². The summed E-state index contributed by atoms with van der Waals surface area (Å²) in [6, 6.07) is 0.377. The Morgan fingerprint density at radius 1 is 1.05 bits per heavy atom. The van der Waals surface area contributed by atoms with Gasteiger partial charge in [-0.3, -0.25) is 9.69 Å². The molecule has 1 saturated carbocycles. The lowest BCUT2D eigenvalue weighted by atomic mass is 10.1. The SMILES string of the molecule is CCN(C(=O)CN(C)C1CCCCCC1)C1CCS(=O)(=O)C1. The highest BCUT2D eigenvalue weighted by Crippen LogP contribution is 2.22. The van der Waals surface area contributed by atoms with Gasteiger partial charge in [0.15, 0.2) is 9.84 Å². The maximum absolute atomic E-state index is 12.6. The molecule has 1 heterocycles. The summed E-state index contributed by atoms with van der Waals surface area (Å²) < 4.78 is 23.3. The fourth-order valence-corrected chi connectivity index (χ4v) is 5.52. The first-order valence-corrected chi connectivity index (χ1v) is 10.4. The van der Waals surface area contributed by atoms with E-state index in [9.17, 15) is 13.2 Å². The molecule has 0 N–H and O–H groups in total. The summed E-state index contributed by atoms with van der Waals surface area (Å²) in [4.78, 5) is 16.6. The Morgan fingerprint density at radius 2 is 1.68 bits per heavy atom. The second-order valence-corrected chi connectivity index (χ2v) is 9.03. The van der Waals surface area contributed by atoms with Crippen molar-refractivity contribution in [1.82, 2.24) is 9.80 Å². The number of hydrogen-bond donors (Lipinski definition) is 0. The third-order valence-electron chi connectivity index (χ3n) is 5.14. The van der Waals surface area contributed by atoms with Crippen LogP contribution in [-0.4, -0.2) is 67.9 Å². The number of likely N-dealkylation sites (N-methyl/N-ethyl adjacent to an activating group) is 2. The molecule has 1 aliphatic carbocycles. The van der Waals surface area contributed by atoms with Crippen LogP contribution in [0.3, 0.4) is 0 Å². The molecule has 0 bridgehead atoms. The van der Waals surface area contributed by atoms with Crippen molar-refractivity contribution in [3.8, 4) is 0 Å². The Balaban J connectivity index is 1.91. The van der Waals surface area contributed by atoms with E-state index >= 15 is 0 Å². The summed E-state index contributed by atoms with van der Waals surface area (Å²) in [5.74, 6) is 0.441. The predicted octanol–water partition coefficient (Wildman–Crippen LogP) is 1.68. The average molecular weight is 330 g/mol. The van der Waals surface area contributed by atoms with Gasteiger partial charge >= 0.3 is 0 Å². The van der Waals surface area contributed by atoms with E-state index in [1.807, 2.05) is 14.0 Å². The highest BCUT2D eigenvalue weighted by molar-refractivity contribution is 7.91. The maximum atomic E-state index is 12.6. The van der Waals surface area contributed by atoms with Crippen molar-refractivity contribution in [3.05, 3.63) is 0 Å². The molecule has 1 amide bonds. The van der Waals surface area contributed by atoms with Gasteiger partial charge in [-0.15, -0.1) is 0 Å². The lowest BCUT2D eigenvalue weighted by Crippen LogP contribution is -2.47. The predicted molar refractivity (Wildman–Crippen MR) is 88.6 cm³/mol. The van der Waals surface area contributed by atoms with E-state index in [1.54, 1.807) is 4.90 Å². The number of amides is 1. The van der Waals surface area contributed by atoms with E-state index in [1.165, 1.54) is 38.5 Å². The number of carbonyl (C=O) groups is 1. The van der Waals surface area contributed by atoms with Gasteiger partial charge in [-0.2, -0.15) is 0 Å². The Kier molecular flexibility index (Phi) is 6.26. The maximum Gasteiger partial charge on any atom is 0.237 e. The average Bonchev–Trinajstić information content (AvgIpc) is 2.68. The molecular weight excluding hydrogens is 300 g/mol. The molecule has 2 rings (SSSR count). The normalized spacial score (nSPS) is 26.0. The number of carbonyl (C=O) groups excluding carboxylic acids is 1. The minimum Gasteiger partial charge on any atom is -0.338 e. The molecule has 1 unspecified atom stereocenters. The molecule has 1 aliphatic heterocycles. The number of nitrogens with zero attached hydrogens (tertiary/aromatic N) is 2. The van der Waals surface area contributed by atoms with Gasteiger partial charge in [-0.1, -0.05) is 25.7 Å². The van der Waals surface area contributed by atoms with Crippen molar-refractivity contribution in [2.24, 2.45) is 0 Å². The minimum absolute atomic E-state index is 0.0800. The summed E-state index contributed by atoms with van der Waals surface area (Å²) >= 11 is 0. The van der Waals surface area contributed by atoms with Crippen molar-refractivity contribution >= 4 is 15.7 Å². The fourth-order valence-electron chi connectivity index (χ4n) is 3.79. The number of hydrogen-bond acceptors (Lipinski definition) is 4. The zero-order valence-corrected chi connectivity index (χ0v) is 14.8. The largest absolute Gasteiger partial charge is 0.338 e. The molecule has 5 nitrogen and oxygen atoms in total. The van der Waals surface area contributed by atoms with E-state index in [2.05, 4.69) is 4.90 Å². The molecular formula is C16H30N2O3S. The van der Waals surface area contributed by atoms with Gasteiger partial charge in [0.1, 0.15) is 0 Å². The standard InChI is InChI=1S/C16H30N2O3S/c1-3-18(15-10-11-22(20,21)13-15)16(19)12-17(2)14-8-6-4-5-7-9-14/h14-15H,3-13H2,1-2H3. The first kappa shape index (κ1) is 17.7. The first-order chi connectivity index (χ1) is 10.4. The van der Waals surface area contributed by atoms with Crippen LogP contribution in [0.1, 0.15) is 51.9 Å². The molecule has 0 aromatic heterocycles. The van der Waals surface area contributed by atoms with Crippen LogP contribution in [0.15, 0.2) is 0 Å². The summed E-state index contributed by atoms with van der Waals surface area (Å²) in [5, 5.41) is 0. The van der Waals surface area contributed by atoms with Gasteiger partial charge in [-0.25, -0.2) is 8.42 Å². The van der Waals surface area contributed by atoms with E-state index in [0.717, 1.165) is 0 Å². The van der Waals surface area contributed by atoms with E-state index in [0.29, 0.717) is 25.6 Å². The summed E-state index contributed by atoms with van der Waals surface area (Å²) in [6.07, 6.45) is 8.05. The highest BCUT2D eigenvalue weighted by Gasteiger charge is 2.34. The van der Waals surface area contributed by atoms with Crippen LogP contribution >= 0.6 is 0 Å². The van der Waals surface area contributed by atoms with Crippen molar-refractivity contribution in [3.63, 3.8) is 0 Å². The van der Waals surface area contributed by atoms with Crippen molar-refractivity contribution in [2.45, 2.75) is 64.0 Å². The molecule has 2 fully saturated rings. The molecule has 1 saturated heterocycles. The Morgan fingerprint density at radius 3 is 2.18 bits per heavy atom. The molecule has 0 spiro atoms. The molecule has 128 valence electrons. The van der Waals surface area contributed by atoms with E-state index in [-0.39, 0.29) is 23.5 Å². The van der Waals surface area contributed by atoms with Crippen molar-refractivity contribution < 1.29 is 13.2 Å². The Hall–Kier alpha value is -0.620. The zero-order chi connectivity index (χ0) is 16.2. The second kappa shape index (κ2) is 7.77. The van der Waals surface area contributed by atoms with Gasteiger partial charge in [0, 0.05) is 18.6 Å². The first-order valence-electron chi connectivity index (χ1n) is 8.63. The number of sulfone groups is 1. The molecule has 1 atom stereocenters. The van der Waals surface area contributed by atoms with Gasteiger partial charge < -0.3 is 4.90 Å². The lowest BCUT2D eigenvalue weighted by molar-refractivity contribution is -0.134. The Labute approximate surface area is 135 Å². The molecule has 22 heavy (non-hydrogen) atoms. The van der Waals surface area contributed by atoms with Crippen LogP contribution in [0.2, 0.25) is 0 Å². The van der Waals surface area contributed by atoms with Crippen molar-refractivity contribution in [2.75, 3.05) is 31.6 Å². The highest BCUT2D eigenvalue weighted by atomic mass is 32.2. The Bertz CT molecular complexity index is 470. The third kappa shape index (κ3) is 4.69. The second-order valence-electron chi connectivity index (χ2n) is 6.80. The zero-order valence-electron chi connectivity index (χ0n) is 14.0. The van der Waals surface area contributed by atoms with Gasteiger partial charge in [0.2, 0.25) is 5.91 Å². The topological polar surface area (TPSA) is 57.7 Å². The van der Waals surface area contributed by atoms with Gasteiger partial charge in [-0.05, 0) is 33.2 Å². The smallest absolute Gasteiger partial charge is 0.237 e. The third-order valence-corrected chi connectivity index (χ3v) is 6.89. The summed E-state index contributed by atoms with van der Waals surface area (Å²) in [7, 11) is -0.911. The van der Waals surface area contributed by atoms with Crippen molar-refractivity contribution in [1.29, 1.82) is 0 Å². The van der Waals surface area contributed by atoms with E-state index < -0.39 is 9.84 Å². The molecule has 0 aromatic rings.